The van der Waals surface area contributed by atoms with Crippen LogP contribution in [-0.2, 0) is 9.47 Å². The zero-order chi connectivity index (χ0) is 9.94. The fourth-order valence-corrected chi connectivity index (χ4v) is 1.25. The molecule has 0 rings (SSSR count). The molecule has 80 valence electrons. The Bertz CT molecular complexity index is 104. The average Bonchev–Trinajstić information content (AvgIpc) is 2.14. The summed E-state index contributed by atoms with van der Waals surface area (Å²) in [5.74, 6) is 0.663. The minimum absolute atomic E-state index is 0.663. The molecule has 0 heterocycles. The highest BCUT2D eigenvalue weighted by molar-refractivity contribution is 6.18. The normalized spacial score (nSPS) is 11.1. The SMILES string of the molecule is CCOCCN(CCCl)CCOC. The van der Waals surface area contributed by atoms with Crippen LogP contribution in [0.2, 0.25) is 0 Å². The third-order valence-corrected chi connectivity index (χ3v) is 1.94. The van der Waals surface area contributed by atoms with Crippen LogP contribution < -0.4 is 0 Å². The molecule has 3 nitrogen and oxygen atoms in total. The first-order chi connectivity index (χ1) is 6.35. The zero-order valence-corrected chi connectivity index (χ0v) is 9.35. The molecule has 0 radical (unpaired) electrons. The molecular weight excluding hydrogens is 190 g/mol. The Labute approximate surface area is 85.9 Å². The molecule has 13 heavy (non-hydrogen) atoms. The van der Waals surface area contributed by atoms with Crippen LogP contribution in [0.15, 0.2) is 0 Å². The fourth-order valence-electron chi connectivity index (χ4n) is 1.01. The van der Waals surface area contributed by atoms with Crippen molar-refractivity contribution >= 4 is 11.6 Å². The number of hydrogen-bond donors (Lipinski definition) is 0. The Kier molecular flexibility index (Phi) is 10.4. The molecule has 0 aliphatic rings. The van der Waals surface area contributed by atoms with Crippen molar-refractivity contribution < 1.29 is 9.47 Å². The second-order valence-electron chi connectivity index (χ2n) is 2.72. The second-order valence-corrected chi connectivity index (χ2v) is 3.10. The number of halogens is 1. The molecule has 0 N–H and O–H groups in total. The van der Waals surface area contributed by atoms with Gasteiger partial charge >= 0.3 is 0 Å². The zero-order valence-electron chi connectivity index (χ0n) is 8.59. The predicted octanol–water partition coefficient (Wildman–Crippen LogP) is 1.21. The topological polar surface area (TPSA) is 21.7 Å². The van der Waals surface area contributed by atoms with Gasteiger partial charge < -0.3 is 9.47 Å². The van der Waals surface area contributed by atoms with Gasteiger partial charge in [0.2, 0.25) is 0 Å². The van der Waals surface area contributed by atoms with Crippen LogP contribution in [0.25, 0.3) is 0 Å². The van der Waals surface area contributed by atoms with Crippen LogP contribution in [0.5, 0.6) is 0 Å². The summed E-state index contributed by atoms with van der Waals surface area (Å²) in [4.78, 5) is 2.24. The molecule has 0 aromatic carbocycles. The van der Waals surface area contributed by atoms with Gasteiger partial charge in [0.1, 0.15) is 0 Å². The first-order valence-corrected chi connectivity index (χ1v) is 5.23. The van der Waals surface area contributed by atoms with Crippen molar-refractivity contribution in [2.45, 2.75) is 6.92 Å². The number of rotatable bonds is 9. The lowest BCUT2D eigenvalue weighted by Gasteiger charge is -2.20. The lowest BCUT2D eigenvalue weighted by molar-refractivity contribution is 0.0976. The van der Waals surface area contributed by atoms with Crippen molar-refractivity contribution in [2.24, 2.45) is 0 Å². The third kappa shape index (κ3) is 8.50. The van der Waals surface area contributed by atoms with Gasteiger partial charge in [0.15, 0.2) is 0 Å². The van der Waals surface area contributed by atoms with Crippen LogP contribution in [0.4, 0.5) is 0 Å². The van der Waals surface area contributed by atoms with E-state index in [9.17, 15) is 0 Å². The van der Waals surface area contributed by atoms with E-state index < -0.39 is 0 Å². The molecule has 0 aliphatic heterocycles. The van der Waals surface area contributed by atoms with E-state index in [1.54, 1.807) is 7.11 Å². The highest BCUT2D eigenvalue weighted by Gasteiger charge is 2.02. The van der Waals surface area contributed by atoms with E-state index in [1.807, 2.05) is 6.92 Å². The lowest BCUT2D eigenvalue weighted by atomic mass is 10.5. The number of hydrogen-bond acceptors (Lipinski definition) is 3. The summed E-state index contributed by atoms with van der Waals surface area (Å²) < 4.78 is 10.3. The molecule has 0 amide bonds. The van der Waals surface area contributed by atoms with E-state index >= 15 is 0 Å². The minimum atomic E-state index is 0.663. The van der Waals surface area contributed by atoms with Crippen LogP contribution in [-0.4, -0.2) is 57.3 Å². The van der Waals surface area contributed by atoms with Gasteiger partial charge in [0, 0.05) is 39.2 Å². The largest absolute Gasteiger partial charge is 0.383 e. The fraction of sp³-hybridized carbons (Fsp3) is 1.00. The Morgan fingerprint density at radius 3 is 2.38 bits per heavy atom. The maximum atomic E-state index is 5.66. The van der Waals surface area contributed by atoms with E-state index in [1.165, 1.54) is 0 Å². The number of alkyl halides is 1. The van der Waals surface area contributed by atoms with Crippen molar-refractivity contribution in [1.29, 1.82) is 0 Å². The van der Waals surface area contributed by atoms with Gasteiger partial charge in [0.25, 0.3) is 0 Å². The summed E-state index contributed by atoms with van der Waals surface area (Å²) >= 11 is 5.66. The van der Waals surface area contributed by atoms with Crippen molar-refractivity contribution in [3.63, 3.8) is 0 Å². The molecule has 0 fully saturated rings. The molecule has 0 saturated heterocycles. The molecule has 0 spiro atoms. The number of ether oxygens (including phenoxy) is 2. The van der Waals surface area contributed by atoms with Crippen molar-refractivity contribution in [3.8, 4) is 0 Å². The van der Waals surface area contributed by atoms with Gasteiger partial charge in [0.05, 0.1) is 13.2 Å². The molecule has 0 atom stereocenters. The van der Waals surface area contributed by atoms with Crippen LogP contribution in [0.1, 0.15) is 6.92 Å². The summed E-state index contributed by atoms with van der Waals surface area (Å²) in [7, 11) is 1.71. The molecule has 0 aromatic heterocycles. The smallest absolute Gasteiger partial charge is 0.0593 e. The Morgan fingerprint density at radius 2 is 1.85 bits per heavy atom. The summed E-state index contributed by atoms with van der Waals surface area (Å²) in [6.45, 7) is 7.07. The highest BCUT2D eigenvalue weighted by Crippen LogP contribution is 1.90. The van der Waals surface area contributed by atoms with E-state index in [4.69, 9.17) is 21.1 Å². The predicted molar refractivity (Wildman–Crippen MR) is 55.5 cm³/mol. The van der Waals surface area contributed by atoms with E-state index in [0.717, 1.165) is 39.5 Å². The third-order valence-electron chi connectivity index (χ3n) is 1.77. The lowest BCUT2D eigenvalue weighted by Crippen LogP contribution is -2.32. The summed E-state index contributed by atoms with van der Waals surface area (Å²) in [5.41, 5.74) is 0. The van der Waals surface area contributed by atoms with Crippen LogP contribution in [0.3, 0.4) is 0 Å². The maximum absolute atomic E-state index is 5.66. The number of nitrogens with zero attached hydrogens (tertiary/aromatic N) is 1. The molecule has 0 aliphatic carbocycles. The van der Waals surface area contributed by atoms with Gasteiger partial charge in [-0.15, -0.1) is 11.6 Å². The van der Waals surface area contributed by atoms with Gasteiger partial charge in [-0.2, -0.15) is 0 Å². The summed E-state index contributed by atoms with van der Waals surface area (Å²) in [6.07, 6.45) is 0. The quantitative estimate of drug-likeness (QED) is 0.421. The van der Waals surface area contributed by atoms with Gasteiger partial charge in [-0.25, -0.2) is 0 Å². The minimum Gasteiger partial charge on any atom is -0.383 e. The summed E-state index contributed by atoms with van der Waals surface area (Å²) in [5, 5.41) is 0. The standard InChI is InChI=1S/C9H20ClNO2/c1-3-13-9-7-11(5-4-10)6-8-12-2/h3-9H2,1-2H3. The Hall–Kier alpha value is 0.170. The van der Waals surface area contributed by atoms with Crippen LogP contribution in [0, 0.1) is 0 Å². The summed E-state index contributed by atoms with van der Waals surface area (Å²) in [6, 6.07) is 0. The highest BCUT2D eigenvalue weighted by atomic mass is 35.5. The van der Waals surface area contributed by atoms with E-state index in [-0.39, 0.29) is 0 Å². The Morgan fingerprint density at radius 1 is 1.15 bits per heavy atom. The first kappa shape index (κ1) is 13.2. The second kappa shape index (κ2) is 10.3. The maximum Gasteiger partial charge on any atom is 0.0593 e. The monoisotopic (exact) mass is 209 g/mol. The van der Waals surface area contributed by atoms with E-state index in [0.29, 0.717) is 5.88 Å². The molecule has 0 saturated carbocycles. The van der Waals surface area contributed by atoms with Crippen LogP contribution >= 0.6 is 11.6 Å². The van der Waals surface area contributed by atoms with Gasteiger partial charge in [-0.05, 0) is 6.92 Å². The first-order valence-electron chi connectivity index (χ1n) is 4.70. The van der Waals surface area contributed by atoms with Gasteiger partial charge in [-0.3, -0.25) is 4.90 Å². The molecular formula is C9H20ClNO2. The van der Waals surface area contributed by atoms with Crippen molar-refractivity contribution in [3.05, 3.63) is 0 Å². The molecule has 0 bridgehead atoms. The van der Waals surface area contributed by atoms with Crippen molar-refractivity contribution in [2.75, 3.05) is 52.4 Å². The Balaban J connectivity index is 3.41. The molecule has 0 aromatic rings. The molecule has 4 heteroatoms. The van der Waals surface area contributed by atoms with E-state index in [2.05, 4.69) is 4.90 Å². The number of methoxy groups -OCH3 is 1. The molecule has 0 unspecified atom stereocenters. The van der Waals surface area contributed by atoms with Crippen molar-refractivity contribution in [1.82, 2.24) is 4.90 Å². The van der Waals surface area contributed by atoms with Gasteiger partial charge in [-0.1, -0.05) is 0 Å². The average molecular weight is 210 g/mol.